The van der Waals surface area contributed by atoms with Crippen molar-refractivity contribution in [3.05, 3.63) is 28.8 Å². The van der Waals surface area contributed by atoms with Crippen LogP contribution < -0.4 is 5.32 Å². The van der Waals surface area contributed by atoms with Gasteiger partial charge < -0.3 is 5.32 Å². The number of nitrogens with one attached hydrogen (secondary N) is 1. The summed E-state index contributed by atoms with van der Waals surface area (Å²) in [4.78, 5) is 0. The van der Waals surface area contributed by atoms with Crippen LogP contribution in [-0.2, 0) is 6.42 Å². The molecule has 1 heterocycles. The van der Waals surface area contributed by atoms with Crippen LogP contribution >= 0.6 is 11.6 Å². The normalized spacial score (nSPS) is 26.2. The second kappa shape index (κ2) is 3.43. The summed E-state index contributed by atoms with van der Waals surface area (Å²) >= 11 is 5.87. The van der Waals surface area contributed by atoms with E-state index in [0.717, 1.165) is 11.3 Å². The van der Waals surface area contributed by atoms with E-state index in [-0.39, 0.29) is 0 Å². The highest BCUT2D eigenvalue weighted by Gasteiger charge is 2.27. The molecule has 1 N–H and O–H groups in total. The zero-order chi connectivity index (χ0) is 10.2. The molecule has 1 atom stereocenters. The quantitative estimate of drug-likeness (QED) is 0.696. The molecular weight excluding hydrogens is 201 g/mol. The van der Waals surface area contributed by atoms with Gasteiger partial charge >= 0.3 is 0 Å². The first-order valence-corrected chi connectivity index (χ1v) is 5.16. The topological polar surface area (TPSA) is 12.0 Å². The molecule has 2 rings (SSSR count). The number of hydrogen-bond acceptors (Lipinski definition) is 1. The highest BCUT2D eigenvalue weighted by atomic mass is 35.5. The van der Waals surface area contributed by atoms with Gasteiger partial charge in [-0.15, -0.1) is 0 Å². The van der Waals surface area contributed by atoms with Crippen LogP contribution in [0.1, 0.15) is 18.9 Å². The summed E-state index contributed by atoms with van der Waals surface area (Å²) in [5, 5.41) is 3.88. The molecule has 0 aromatic heterocycles. The molecule has 0 spiro atoms. The number of rotatable bonds is 0. The zero-order valence-electron chi connectivity index (χ0n) is 8.11. The number of benzene rings is 1. The van der Waals surface area contributed by atoms with Crippen LogP contribution in [-0.4, -0.2) is 12.2 Å². The summed E-state index contributed by atoms with van der Waals surface area (Å²) in [5.41, 5.74) is 0.860. The highest BCUT2D eigenvalue weighted by Crippen LogP contribution is 2.31. The van der Waals surface area contributed by atoms with Crippen molar-refractivity contribution in [2.75, 3.05) is 11.9 Å². The minimum absolute atomic E-state index is 0.440. The molecule has 0 bridgehead atoms. The molecule has 1 aromatic rings. The van der Waals surface area contributed by atoms with Crippen LogP contribution in [0.25, 0.3) is 0 Å². The van der Waals surface area contributed by atoms with Crippen LogP contribution in [0.15, 0.2) is 18.2 Å². The second-order valence-corrected chi connectivity index (χ2v) is 4.50. The molecule has 3 heteroatoms. The molecule has 1 aliphatic heterocycles. The second-order valence-electron chi connectivity index (χ2n) is 4.07. The smallest absolute Gasteiger partial charge is 0.114 e. The van der Waals surface area contributed by atoms with E-state index in [4.69, 9.17) is 11.6 Å². The van der Waals surface area contributed by atoms with Gasteiger partial charge in [0.15, 0.2) is 0 Å². The maximum absolute atomic E-state index is 13.9. The van der Waals surface area contributed by atoms with E-state index >= 15 is 0 Å². The number of halogens is 2. The largest absolute Gasteiger partial charge is 0.385 e. The number of fused-ring (bicyclic) bond motifs is 1. The molecule has 0 fully saturated rings. The van der Waals surface area contributed by atoms with Crippen molar-refractivity contribution in [3.8, 4) is 0 Å². The first-order chi connectivity index (χ1) is 6.57. The Kier molecular flexibility index (Phi) is 2.40. The molecule has 0 radical (unpaired) electrons. The van der Waals surface area contributed by atoms with Gasteiger partial charge in [0.05, 0.1) is 0 Å². The fourth-order valence-corrected chi connectivity index (χ4v) is 2.02. The molecule has 76 valence electrons. The summed E-state index contributed by atoms with van der Waals surface area (Å²) in [6.07, 6.45) is 0.981. The molecule has 0 saturated carbocycles. The molecule has 0 saturated heterocycles. The van der Waals surface area contributed by atoms with Gasteiger partial charge in [0, 0.05) is 23.7 Å². The average Bonchev–Trinajstić information content (AvgIpc) is 2.21. The first-order valence-electron chi connectivity index (χ1n) is 4.78. The van der Waals surface area contributed by atoms with E-state index in [1.165, 1.54) is 0 Å². The highest BCUT2D eigenvalue weighted by molar-refractivity contribution is 6.30. The van der Waals surface area contributed by atoms with E-state index in [1.807, 2.05) is 18.2 Å². The molecule has 0 amide bonds. The minimum atomic E-state index is -1.12. The van der Waals surface area contributed by atoms with Crippen LogP contribution in [0.4, 0.5) is 10.1 Å². The van der Waals surface area contributed by atoms with Crippen LogP contribution in [0.2, 0.25) is 5.02 Å². The summed E-state index contributed by atoms with van der Waals surface area (Å²) in [6, 6.07) is 5.58. The van der Waals surface area contributed by atoms with E-state index in [9.17, 15) is 4.39 Å². The Morgan fingerprint density at radius 2 is 2.29 bits per heavy atom. The SMILES string of the molecule is CC1(F)CCNc2ccc(Cl)cc2C1. The van der Waals surface area contributed by atoms with Crippen molar-refractivity contribution in [3.63, 3.8) is 0 Å². The minimum Gasteiger partial charge on any atom is -0.385 e. The lowest BCUT2D eigenvalue weighted by molar-refractivity contribution is 0.183. The van der Waals surface area contributed by atoms with Gasteiger partial charge in [0.25, 0.3) is 0 Å². The van der Waals surface area contributed by atoms with E-state index in [2.05, 4.69) is 5.32 Å². The molecule has 1 aromatic carbocycles. The van der Waals surface area contributed by atoms with Crippen molar-refractivity contribution in [2.45, 2.75) is 25.4 Å². The van der Waals surface area contributed by atoms with Gasteiger partial charge in [-0.3, -0.25) is 0 Å². The van der Waals surface area contributed by atoms with E-state index in [0.29, 0.717) is 24.4 Å². The Hall–Kier alpha value is -0.760. The Morgan fingerprint density at radius 3 is 3.07 bits per heavy atom. The lowest BCUT2D eigenvalue weighted by Gasteiger charge is -2.16. The van der Waals surface area contributed by atoms with Crippen molar-refractivity contribution in [1.82, 2.24) is 0 Å². The number of anilines is 1. The van der Waals surface area contributed by atoms with Crippen LogP contribution in [0.5, 0.6) is 0 Å². The third-order valence-electron chi connectivity index (χ3n) is 2.59. The van der Waals surface area contributed by atoms with Gasteiger partial charge in [-0.1, -0.05) is 11.6 Å². The monoisotopic (exact) mass is 213 g/mol. The summed E-state index contributed by atoms with van der Waals surface area (Å²) < 4.78 is 13.9. The van der Waals surface area contributed by atoms with Gasteiger partial charge in [-0.25, -0.2) is 4.39 Å². The maximum Gasteiger partial charge on any atom is 0.114 e. The molecule has 1 nitrogen and oxygen atoms in total. The van der Waals surface area contributed by atoms with Gasteiger partial charge in [0.2, 0.25) is 0 Å². The fourth-order valence-electron chi connectivity index (χ4n) is 1.82. The third kappa shape index (κ3) is 2.01. The molecule has 1 aliphatic rings. The standard InChI is InChI=1S/C11H13ClFN/c1-11(13)4-5-14-10-3-2-9(12)6-8(10)7-11/h2-3,6,14H,4-5,7H2,1H3. The van der Waals surface area contributed by atoms with Gasteiger partial charge in [0.1, 0.15) is 5.67 Å². The van der Waals surface area contributed by atoms with Gasteiger partial charge in [-0.05, 0) is 37.1 Å². The predicted octanol–water partition coefficient (Wildman–Crippen LogP) is 3.43. The third-order valence-corrected chi connectivity index (χ3v) is 2.82. The van der Waals surface area contributed by atoms with Gasteiger partial charge in [-0.2, -0.15) is 0 Å². The first kappa shape index (κ1) is 9.78. The Labute approximate surface area is 88.3 Å². The summed E-state index contributed by atoms with van der Waals surface area (Å²) in [6.45, 7) is 2.33. The van der Waals surface area contributed by atoms with E-state index in [1.54, 1.807) is 6.92 Å². The Balaban J connectivity index is 2.38. The number of hydrogen-bond donors (Lipinski definition) is 1. The zero-order valence-corrected chi connectivity index (χ0v) is 8.87. The average molecular weight is 214 g/mol. The van der Waals surface area contributed by atoms with Crippen LogP contribution in [0.3, 0.4) is 0 Å². The Bertz CT molecular complexity index is 349. The lowest BCUT2D eigenvalue weighted by atomic mass is 9.96. The van der Waals surface area contributed by atoms with Crippen molar-refractivity contribution >= 4 is 17.3 Å². The molecule has 1 unspecified atom stereocenters. The van der Waals surface area contributed by atoms with Crippen molar-refractivity contribution < 1.29 is 4.39 Å². The summed E-state index contributed by atoms with van der Waals surface area (Å²) in [5.74, 6) is 0. The van der Waals surface area contributed by atoms with E-state index < -0.39 is 5.67 Å². The maximum atomic E-state index is 13.9. The van der Waals surface area contributed by atoms with Crippen molar-refractivity contribution in [2.24, 2.45) is 0 Å². The molecule has 0 aliphatic carbocycles. The molecule has 14 heavy (non-hydrogen) atoms. The van der Waals surface area contributed by atoms with Crippen molar-refractivity contribution in [1.29, 1.82) is 0 Å². The predicted molar refractivity (Wildman–Crippen MR) is 57.8 cm³/mol. The molecular formula is C11H13ClFN. The Morgan fingerprint density at radius 1 is 1.50 bits per heavy atom. The lowest BCUT2D eigenvalue weighted by Crippen LogP contribution is -2.21. The number of alkyl halides is 1. The fraction of sp³-hybridized carbons (Fsp3) is 0.455. The summed E-state index contributed by atoms with van der Waals surface area (Å²) in [7, 11) is 0. The van der Waals surface area contributed by atoms with Crippen LogP contribution in [0, 0.1) is 0 Å².